The highest BCUT2D eigenvalue weighted by molar-refractivity contribution is 5.94. The second-order valence-corrected chi connectivity index (χ2v) is 6.98. The number of carbonyl (C=O) groups is 1. The number of carbonyl (C=O) groups excluding carboxylic acids is 1. The largest absolute Gasteiger partial charge is 0.373 e. The first-order chi connectivity index (χ1) is 13.4. The Morgan fingerprint density at radius 3 is 2.29 bits per heavy atom. The molecule has 2 aromatic heterocycles. The highest BCUT2D eigenvalue weighted by Gasteiger charge is 2.14. The van der Waals surface area contributed by atoms with Crippen LogP contribution in [0.15, 0.2) is 42.5 Å². The minimum absolute atomic E-state index is 0.0476. The van der Waals surface area contributed by atoms with Gasteiger partial charge in [0, 0.05) is 42.7 Å². The number of amides is 1. The van der Waals surface area contributed by atoms with Crippen LogP contribution in [0, 0.1) is 20.8 Å². The lowest BCUT2D eigenvalue weighted by Crippen LogP contribution is -2.26. The number of aromatic nitrogens is 3. The van der Waals surface area contributed by atoms with Crippen molar-refractivity contribution in [3.05, 3.63) is 70.7 Å². The summed E-state index contributed by atoms with van der Waals surface area (Å²) in [6.07, 6.45) is 0. The summed E-state index contributed by atoms with van der Waals surface area (Å²) < 4.78 is 0. The van der Waals surface area contributed by atoms with Crippen molar-refractivity contribution in [2.75, 3.05) is 19.4 Å². The predicted octanol–water partition coefficient (Wildman–Crippen LogP) is 3.78. The standard InChI is InChI=1S/C22H25N5O/c1-14-10-15(2)24-19(11-14)13-27(5)22(28)18-8-6-17(7-9-18)21-25-16(3)12-20(23-4)26-21/h6-12H,13H2,1-5H3,(H,23,25,26). The number of hydrogen-bond donors (Lipinski definition) is 1. The first-order valence-electron chi connectivity index (χ1n) is 9.19. The number of benzene rings is 1. The van der Waals surface area contributed by atoms with Gasteiger partial charge in [-0.3, -0.25) is 9.78 Å². The molecular weight excluding hydrogens is 350 g/mol. The molecule has 0 aliphatic carbocycles. The molecule has 3 aromatic rings. The molecule has 0 spiro atoms. The number of nitrogens with one attached hydrogen (secondary N) is 1. The van der Waals surface area contributed by atoms with Crippen LogP contribution in [0.3, 0.4) is 0 Å². The number of nitrogens with zero attached hydrogens (tertiary/aromatic N) is 4. The van der Waals surface area contributed by atoms with Crippen molar-refractivity contribution in [2.45, 2.75) is 27.3 Å². The van der Waals surface area contributed by atoms with Gasteiger partial charge in [-0.2, -0.15) is 0 Å². The molecular formula is C22H25N5O. The van der Waals surface area contributed by atoms with E-state index in [1.165, 1.54) is 0 Å². The molecule has 0 radical (unpaired) electrons. The van der Waals surface area contributed by atoms with Crippen LogP contribution in [0.5, 0.6) is 0 Å². The Balaban J connectivity index is 1.77. The fourth-order valence-electron chi connectivity index (χ4n) is 3.13. The molecule has 6 nitrogen and oxygen atoms in total. The van der Waals surface area contributed by atoms with Gasteiger partial charge >= 0.3 is 0 Å². The molecule has 3 rings (SSSR count). The Hall–Kier alpha value is -3.28. The lowest BCUT2D eigenvalue weighted by molar-refractivity contribution is 0.0783. The molecule has 0 atom stereocenters. The molecule has 6 heteroatoms. The number of aryl methyl sites for hydroxylation is 3. The summed E-state index contributed by atoms with van der Waals surface area (Å²) in [7, 11) is 3.62. The molecule has 28 heavy (non-hydrogen) atoms. The van der Waals surface area contributed by atoms with Crippen molar-refractivity contribution in [2.24, 2.45) is 0 Å². The van der Waals surface area contributed by atoms with Gasteiger partial charge in [0.25, 0.3) is 5.91 Å². The topological polar surface area (TPSA) is 71.0 Å². The summed E-state index contributed by atoms with van der Waals surface area (Å²) in [5, 5.41) is 3.04. The summed E-state index contributed by atoms with van der Waals surface area (Å²) in [6.45, 7) is 6.39. The van der Waals surface area contributed by atoms with Gasteiger partial charge in [0.2, 0.25) is 0 Å². The molecule has 0 bridgehead atoms. The summed E-state index contributed by atoms with van der Waals surface area (Å²) in [6, 6.07) is 13.3. The van der Waals surface area contributed by atoms with Gasteiger partial charge in [0.1, 0.15) is 5.82 Å². The Bertz CT molecular complexity index is 978. The molecule has 0 aliphatic rings. The van der Waals surface area contributed by atoms with Gasteiger partial charge in [0.15, 0.2) is 5.82 Å². The van der Waals surface area contributed by atoms with Crippen LogP contribution in [0.1, 0.15) is 33.0 Å². The van der Waals surface area contributed by atoms with Gasteiger partial charge in [-0.1, -0.05) is 12.1 Å². The lowest BCUT2D eigenvalue weighted by Gasteiger charge is -2.17. The quantitative estimate of drug-likeness (QED) is 0.735. The maximum absolute atomic E-state index is 12.8. The van der Waals surface area contributed by atoms with Crippen LogP contribution in [0.2, 0.25) is 0 Å². The highest BCUT2D eigenvalue weighted by atomic mass is 16.2. The first-order valence-corrected chi connectivity index (χ1v) is 9.19. The molecule has 2 heterocycles. The van der Waals surface area contributed by atoms with Gasteiger partial charge < -0.3 is 10.2 Å². The van der Waals surface area contributed by atoms with Crippen molar-refractivity contribution in [1.82, 2.24) is 19.9 Å². The molecule has 0 unspecified atom stereocenters. The molecule has 1 aromatic carbocycles. The molecule has 0 saturated heterocycles. The maximum atomic E-state index is 12.8. The zero-order valence-corrected chi connectivity index (χ0v) is 16.9. The molecule has 1 amide bonds. The predicted molar refractivity (Wildman–Crippen MR) is 111 cm³/mol. The third-order valence-electron chi connectivity index (χ3n) is 4.40. The van der Waals surface area contributed by atoms with E-state index in [0.29, 0.717) is 17.9 Å². The fraction of sp³-hybridized carbons (Fsp3) is 0.273. The number of hydrogen-bond acceptors (Lipinski definition) is 5. The van der Waals surface area contributed by atoms with E-state index in [1.54, 1.807) is 11.9 Å². The van der Waals surface area contributed by atoms with Crippen molar-refractivity contribution >= 4 is 11.7 Å². The molecule has 144 valence electrons. The summed E-state index contributed by atoms with van der Waals surface area (Å²) in [4.78, 5) is 27.9. The van der Waals surface area contributed by atoms with Crippen LogP contribution in [0.25, 0.3) is 11.4 Å². The Morgan fingerprint density at radius 1 is 0.964 bits per heavy atom. The molecule has 0 fully saturated rings. The van der Waals surface area contributed by atoms with Crippen LogP contribution in [-0.2, 0) is 6.54 Å². The van der Waals surface area contributed by atoms with E-state index >= 15 is 0 Å². The Morgan fingerprint density at radius 2 is 1.64 bits per heavy atom. The van der Waals surface area contributed by atoms with Crippen LogP contribution < -0.4 is 5.32 Å². The maximum Gasteiger partial charge on any atom is 0.253 e. The minimum atomic E-state index is -0.0476. The van der Waals surface area contributed by atoms with Gasteiger partial charge in [-0.15, -0.1) is 0 Å². The minimum Gasteiger partial charge on any atom is -0.373 e. The van der Waals surface area contributed by atoms with Crippen molar-refractivity contribution in [3.63, 3.8) is 0 Å². The van der Waals surface area contributed by atoms with E-state index in [0.717, 1.165) is 34.0 Å². The zero-order valence-electron chi connectivity index (χ0n) is 16.9. The zero-order chi connectivity index (χ0) is 20.3. The smallest absolute Gasteiger partial charge is 0.253 e. The Labute approximate surface area is 165 Å². The van der Waals surface area contributed by atoms with E-state index in [9.17, 15) is 4.79 Å². The van der Waals surface area contributed by atoms with Gasteiger partial charge in [-0.05, 0) is 50.6 Å². The summed E-state index contributed by atoms with van der Waals surface area (Å²) in [5.41, 5.74) is 5.37. The average Bonchev–Trinajstić information content (AvgIpc) is 2.66. The van der Waals surface area contributed by atoms with E-state index in [4.69, 9.17) is 0 Å². The lowest BCUT2D eigenvalue weighted by atomic mass is 10.1. The van der Waals surface area contributed by atoms with Crippen molar-refractivity contribution in [3.8, 4) is 11.4 Å². The third-order valence-corrected chi connectivity index (χ3v) is 4.40. The molecule has 0 saturated carbocycles. The van der Waals surface area contributed by atoms with E-state index in [-0.39, 0.29) is 5.91 Å². The number of pyridine rings is 1. The molecule has 0 aliphatic heterocycles. The Kier molecular flexibility index (Phi) is 5.68. The normalized spacial score (nSPS) is 10.6. The fourth-order valence-corrected chi connectivity index (χ4v) is 3.13. The summed E-state index contributed by atoms with van der Waals surface area (Å²) >= 11 is 0. The van der Waals surface area contributed by atoms with Crippen molar-refractivity contribution < 1.29 is 4.79 Å². The SMILES string of the molecule is CNc1cc(C)nc(-c2ccc(C(=O)N(C)Cc3cc(C)cc(C)n3)cc2)n1. The highest BCUT2D eigenvalue weighted by Crippen LogP contribution is 2.19. The third kappa shape index (κ3) is 4.52. The van der Waals surface area contributed by atoms with E-state index in [2.05, 4.69) is 20.3 Å². The second kappa shape index (κ2) is 8.17. The van der Waals surface area contributed by atoms with E-state index < -0.39 is 0 Å². The van der Waals surface area contributed by atoms with Crippen LogP contribution in [-0.4, -0.2) is 39.9 Å². The summed E-state index contributed by atoms with van der Waals surface area (Å²) in [5.74, 6) is 1.35. The van der Waals surface area contributed by atoms with Crippen molar-refractivity contribution in [1.29, 1.82) is 0 Å². The number of anilines is 1. The van der Waals surface area contributed by atoms with Crippen LogP contribution in [0.4, 0.5) is 5.82 Å². The number of rotatable bonds is 5. The van der Waals surface area contributed by atoms with Crippen LogP contribution >= 0.6 is 0 Å². The average molecular weight is 375 g/mol. The van der Waals surface area contributed by atoms with Gasteiger partial charge in [-0.25, -0.2) is 9.97 Å². The second-order valence-electron chi connectivity index (χ2n) is 6.98. The molecule has 1 N–H and O–H groups in total. The monoisotopic (exact) mass is 375 g/mol. The first kappa shape index (κ1) is 19.5. The van der Waals surface area contributed by atoms with E-state index in [1.807, 2.05) is 70.3 Å². The van der Waals surface area contributed by atoms with Gasteiger partial charge in [0.05, 0.1) is 12.2 Å².